The molecule has 0 spiro atoms. The zero-order valence-electron chi connectivity index (χ0n) is 26.7. The van der Waals surface area contributed by atoms with Crippen LogP contribution in [0.3, 0.4) is 0 Å². The van der Waals surface area contributed by atoms with Crippen LogP contribution in [0, 0.1) is 0 Å². The Hall–Kier alpha value is -6.92. The monoisotopic (exact) mass is 638 g/mol. The molecule has 4 aromatic heterocycles. The van der Waals surface area contributed by atoms with Crippen molar-refractivity contribution in [1.82, 2.24) is 24.5 Å². The van der Waals surface area contributed by atoms with E-state index in [1.54, 1.807) is 0 Å². The van der Waals surface area contributed by atoms with Gasteiger partial charge in [-0.15, -0.1) is 0 Å². The lowest BCUT2D eigenvalue weighted by Gasteiger charge is -2.31. The third-order valence-electron chi connectivity index (χ3n) is 9.98. The molecule has 0 N–H and O–H groups in total. The van der Waals surface area contributed by atoms with Gasteiger partial charge in [-0.1, -0.05) is 103 Å². The Balaban J connectivity index is 1.14. The summed E-state index contributed by atoms with van der Waals surface area (Å²) in [7, 11) is 0. The molecule has 0 aliphatic carbocycles. The summed E-state index contributed by atoms with van der Waals surface area (Å²) in [6.45, 7) is 0. The number of hydrogen-bond donors (Lipinski definition) is 0. The predicted molar refractivity (Wildman–Crippen MR) is 204 cm³/mol. The molecule has 0 atom stereocenters. The maximum atomic E-state index is 5.37. The van der Waals surface area contributed by atoms with Crippen LogP contribution in [-0.2, 0) is 0 Å². The lowest BCUT2D eigenvalue weighted by Crippen LogP contribution is -2.19. The smallest absolute Gasteiger partial charge is 0.237 e. The predicted octanol–water partition coefficient (Wildman–Crippen LogP) is 10.9. The van der Waals surface area contributed by atoms with E-state index in [9.17, 15) is 0 Å². The molecule has 1 aliphatic heterocycles. The number of rotatable bonds is 3. The number of pyridine rings is 2. The van der Waals surface area contributed by atoms with E-state index in [1.807, 2.05) is 30.5 Å². The molecule has 6 aromatic carbocycles. The molecule has 6 nitrogen and oxygen atoms in total. The van der Waals surface area contributed by atoms with Crippen LogP contribution in [-0.4, -0.2) is 24.5 Å². The summed E-state index contributed by atoms with van der Waals surface area (Å²) in [6, 6.07) is 52.9. The fourth-order valence-corrected chi connectivity index (χ4v) is 7.79. The van der Waals surface area contributed by atoms with Crippen molar-refractivity contribution in [1.29, 1.82) is 0 Å². The van der Waals surface area contributed by atoms with Gasteiger partial charge in [-0.25, -0.2) is 15.0 Å². The van der Waals surface area contributed by atoms with Crippen molar-refractivity contribution in [3.63, 3.8) is 0 Å². The highest BCUT2D eigenvalue weighted by Crippen LogP contribution is 2.50. The Bertz CT molecular complexity index is 2940. The third kappa shape index (κ3) is 3.78. The largest absolute Gasteiger partial charge is 0.309 e. The molecule has 11 rings (SSSR count). The van der Waals surface area contributed by atoms with Crippen molar-refractivity contribution in [2.75, 3.05) is 4.90 Å². The van der Waals surface area contributed by atoms with Gasteiger partial charge in [0.05, 0.1) is 44.5 Å². The molecule has 0 unspecified atom stereocenters. The Labute approximate surface area is 286 Å². The Morgan fingerprint density at radius 3 is 1.82 bits per heavy atom. The SMILES string of the molecule is c1ccc2c(c1)-c1nccc3c1c(nc1ccccc13)N2c1nc(-c2ccc(-n3c4ccccc4c4ccccc43)cc2)c2ccccc2n1. The van der Waals surface area contributed by atoms with E-state index in [0.29, 0.717) is 5.95 Å². The van der Waals surface area contributed by atoms with Crippen LogP contribution >= 0.6 is 0 Å². The van der Waals surface area contributed by atoms with Crippen molar-refractivity contribution in [3.05, 3.63) is 158 Å². The van der Waals surface area contributed by atoms with Gasteiger partial charge in [-0.2, -0.15) is 0 Å². The minimum Gasteiger partial charge on any atom is -0.309 e. The molecule has 0 saturated heterocycles. The van der Waals surface area contributed by atoms with Crippen molar-refractivity contribution in [2.24, 2.45) is 0 Å². The molecule has 0 bridgehead atoms. The van der Waals surface area contributed by atoms with Gasteiger partial charge in [0.1, 0.15) is 0 Å². The number of benzene rings is 6. The standard InChI is InChI=1S/C44H26N6/c1-6-16-35-29(11-1)32-25-26-45-42-34-15-5-10-20-39(34)50(43(46-35)40(32)42)44-47-36-17-7-2-14-33(36)41(48-44)27-21-23-28(24-22-27)49-37-18-8-3-12-30(37)31-13-4-9-19-38(31)49/h1-26H. The van der Waals surface area contributed by atoms with Gasteiger partial charge in [-0.05, 0) is 53.9 Å². The van der Waals surface area contributed by atoms with Gasteiger partial charge in [0, 0.05) is 44.6 Å². The van der Waals surface area contributed by atoms with Gasteiger partial charge < -0.3 is 4.57 Å². The minimum atomic E-state index is 0.566. The van der Waals surface area contributed by atoms with E-state index in [-0.39, 0.29) is 0 Å². The quantitative estimate of drug-likeness (QED) is 0.180. The van der Waals surface area contributed by atoms with Crippen LogP contribution < -0.4 is 4.90 Å². The topological polar surface area (TPSA) is 59.7 Å². The van der Waals surface area contributed by atoms with Crippen LogP contribution in [0.15, 0.2) is 158 Å². The van der Waals surface area contributed by atoms with Crippen molar-refractivity contribution in [2.45, 2.75) is 0 Å². The number of aromatic nitrogens is 5. The van der Waals surface area contributed by atoms with E-state index in [4.69, 9.17) is 19.9 Å². The third-order valence-corrected chi connectivity index (χ3v) is 9.98. The van der Waals surface area contributed by atoms with Gasteiger partial charge in [0.15, 0.2) is 5.82 Å². The van der Waals surface area contributed by atoms with Gasteiger partial charge >= 0.3 is 0 Å². The summed E-state index contributed by atoms with van der Waals surface area (Å²) in [5.74, 6) is 1.35. The highest BCUT2D eigenvalue weighted by molar-refractivity contribution is 6.19. The summed E-state index contributed by atoms with van der Waals surface area (Å²) >= 11 is 0. The van der Waals surface area contributed by atoms with E-state index >= 15 is 0 Å². The second kappa shape index (κ2) is 10.3. The van der Waals surface area contributed by atoms with E-state index < -0.39 is 0 Å². The fraction of sp³-hybridized carbons (Fsp3) is 0. The molecular weight excluding hydrogens is 613 g/mol. The van der Waals surface area contributed by atoms with Gasteiger partial charge in [0.2, 0.25) is 5.95 Å². The summed E-state index contributed by atoms with van der Waals surface area (Å²) in [4.78, 5) is 22.8. The average molecular weight is 639 g/mol. The van der Waals surface area contributed by atoms with Crippen LogP contribution in [0.5, 0.6) is 0 Å². The lowest BCUT2D eigenvalue weighted by atomic mass is 9.96. The first-order valence-electron chi connectivity index (χ1n) is 16.7. The van der Waals surface area contributed by atoms with Gasteiger partial charge in [-0.3, -0.25) is 9.88 Å². The van der Waals surface area contributed by atoms with E-state index in [1.165, 1.54) is 21.8 Å². The molecule has 0 fully saturated rings. The summed E-state index contributed by atoms with van der Waals surface area (Å²) in [6.07, 6.45) is 1.90. The molecule has 1 aliphatic rings. The van der Waals surface area contributed by atoms with Crippen LogP contribution in [0.1, 0.15) is 0 Å². The minimum absolute atomic E-state index is 0.566. The summed E-state index contributed by atoms with van der Waals surface area (Å²) < 4.78 is 2.34. The summed E-state index contributed by atoms with van der Waals surface area (Å²) in [5.41, 5.74) is 10.0. The highest BCUT2D eigenvalue weighted by atomic mass is 15.3. The molecule has 0 amide bonds. The molecular formula is C44H26N6. The van der Waals surface area contributed by atoms with Crippen molar-refractivity contribution >= 4 is 71.8 Å². The van der Waals surface area contributed by atoms with E-state index in [2.05, 4.69) is 137 Å². The normalized spacial score (nSPS) is 12.4. The van der Waals surface area contributed by atoms with Crippen LogP contribution in [0.25, 0.3) is 82.6 Å². The maximum absolute atomic E-state index is 5.37. The molecule has 5 heterocycles. The Morgan fingerprint density at radius 1 is 0.440 bits per heavy atom. The van der Waals surface area contributed by atoms with Crippen LogP contribution in [0.4, 0.5) is 17.5 Å². The fourth-order valence-electron chi connectivity index (χ4n) is 7.79. The molecule has 0 saturated carbocycles. The number of fused-ring (bicyclic) bond motifs is 8. The maximum Gasteiger partial charge on any atom is 0.237 e. The summed E-state index contributed by atoms with van der Waals surface area (Å²) in [5, 5.41) is 6.68. The second-order valence-corrected chi connectivity index (χ2v) is 12.7. The number of hydrogen-bond acceptors (Lipinski definition) is 5. The molecule has 232 valence electrons. The molecule has 0 radical (unpaired) electrons. The lowest BCUT2D eigenvalue weighted by molar-refractivity contribution is 1.08. The van der Waals surface area contributed by atoms with Gasteiger partial charge in [0.25, 0.3) is 0 Å². The first-order chi connectivity index (χ1) is 24.8. The molecule has 50 heavy (non-hydrogen) atoms. The van der Waals surface area contributed by atoms with Crippen LogP contribution in [0.2, 0.25) is 0 Å². The first-order valence-corrected chi connectivity index (χ1v) is 16.7. The van der Waals surface area contributed by atoms with Crippen molar-refractivity contribution < 1.29 is 0 Å². The van der Waals surface area contributed by atoms with Crippen molar-refractivity contribution in [3.8, 4) is 28.2 Å². The zero-order chi connectivity index (χ0) is 32.8. The molecule has 10 aromatic rings. The zero-order valence-corrected chi connectivity index (χ0v) is 26.7. The number of anilines is 3. The number of para-hydroxylation sites is 5. The number of nitrogens with zero attached hydrogens (tertiary/aromatic N) is 6. The van der Waals surface area contributed by atoms with E-state index in [0.717, 1.165) is 72.3 Å². The average Bonchev–Trinajstić information content (AvgIpc) is 3.52. The first kappa shape index (κ1) is 27.1. The Kier molecular flexibility index (Phi) is 5.57. The second-order valence-electron chi connectivity index (χ2n) is 12.7. The molecule has 6 heteroatoms. The Morgan fingerprint density at radius 2 is 1.06 bits per heavy atom. The highest BCUT2D eigenvalue weighted by Gasteiger charge is 2.31.